The van der Waals surface area contributed by atoms with Crippen LogP contribution < -0.4 is 15.4 Å². The molecule has 0 fully saturated rings. The van der Waals surface area contributed by atoms with Crippen LogP contribution in [0.25, 0.3) is 5.69 Å². The third-order valence-corrected chi connectivity index (χ3v) is 6.05. The zero-order chi connectivity index (χ0) is 27.2. The van der Waals surface area contributed by atoms with E-state index in [1.165, 1.54) is 0 Å². The summed E-state index contributed by atoms with van der Waals surface area (Å²) in [4.78, 5) is 28.0. The molecule has 3 amide bonds. The van der Waals surface area contributed by atoms with Crippen molar-refractivity contribution in [1.82, 2.24) is 14.7 Å². The molecule has 0 atom stereocenters. The maximum atomic E-state index is 13.2. The Morgan fingerprint density at radius 1 is 1.05 bits per heavy atom. The van der Waals surface area contributed by atoms with Crippen molar-refractivity contribution in [1.29, 1.82) is 0 Å². The number of ether oxygens (including phenoxy) is 1. The highest BCUT2D eigenvalue weighted by Gasteiger charge is 2.23. The molecule has 3 aromatic rings. The zero-order valence-corrected chi connectivity index (χ0v) is 23.0. The van der Waals surface area contributed by atoms with Gasteiger partial charge in [0.1, 0.15) is 18.1 Å². The average Bonchev–Trinajstić information content (AvgIpc) is 3.27. The molecule has 0 aliphatic carbocycles. The summed E-state index contributed by atoms with van der Waals surface area (Å²) in [5.74, 6) is 1.38. The topological polar surface area (TPSA) is 88.5 Å². The molecule has 2 aromatic carbocycles. The normalized spacial score (nSPS) is 11.4. The lowest BCUT2D eigenvalue weighted by atomic mass is 9.92. The fourth-order valence-electron chi connectivity index (χ4n) is 3.69. The largest absolute Gasteiger partial charge is 0.497 e. The molecule has 8 nitrogen and oxygen atoms in total. The number of nitrogens with one attached hydrogen (secondary N) is 2. The SMILES string of the molecule is COc1ccc(-n2nc(C(C)(C)C)cc2NC(=O)CN(CCC(C)C)C(=O)Nc2ccccc2C)cc1. The van der Waals surface area contributed by atoms with Gasteiger partial charge in [0.25, 0.3) is 0 Å². The second kappa shape index (κ2) is 12.0. The summed E-state index contributed by atoms with van der Waals surface area (Å²) < 4.78 is 6.98. The van der Waals surface area contributed by atoms with Gasteiger partial charge in [0.05, 0.1) is 18.5 Å². The van der Waals surface area contributed by atoms with E-state index in [0.717, 1.165) is 34.8 Å². The van der Waals surface area contributed by atoms with E-state index in [0.29, 0.717) is 18.3 Å². The number of carbonyl (C=O) groups is 2. The number of aryl methyl sites for hydroxylation is 1. The standard InChI is InChI=1S/C29H39N5O3/c1-20(2)16-17-33(28(36)30-24-11-9-8-10-21(24)3)19-27(35)31-26-18-25(29(4,5)6)32-34(26)22-12-14-23(37-7)15-13-22/h8-15,18,20H,16-17,19H2,1-7H3,(H,30,36)(H,31,35). The summed E-state index contributed by atoms with van der Waals surface area (Å²) in [7, 11) is 1.62. The van der Waals surface area contributed by atoms with Gasteiger partial charge >= 0.3 is 6.03 Å². The molecule has 0 spiro atoms. The van der Waals surface area contributed by atoms with Crippen molar-refractivity contribution in [2.24, 2.45) is 5.92 Å². The molecule has 0 saturated heterocycles. The van der Waals surface area contributed by atoms with Crippen LogP contribution in [0.15, 0.2) is 54.6 Å². The van der Waals surface area contributed by atoms with Crippen LogP contribution in [0.1, 0.15) is 52.3 Å². The van der Waals surface area contributed by atoms with Gasteiger partial charge in [0.15, 0.2) is 0 Å². The van der Waals surface area contributed by atoms with E-state index >= 15 is 0 Å². The van der Waals surface area contributed by atoms with E-state index in [9.17, 15) is 9.59 Å². The molecule has 37 heavy (non-hydrogen) atoms. The maximum Gasteiger partial charge on any atom is 0.322 e. The fourth-order valence-corrected chi connectivity index (χ4v) is 3.69. The lowest BCUT2D eigenvalue weighted by molar-refractivity contribution is -0.116. The number of hydrogen-bond donors (Lipinski definition) is 2. The Bertz CT molecular complexity index is 1210. The van der Waals surface area contributed by atoms with Gasteiger partial charge in [-0.2, -0.15) is 5.10 Å². The Morgan fingerprint density at radius 2 is 1.73 bits per heavy atom. The smallest absolute Gasteiger partial charge is 0.322 e. The molecule has 0 aliphatic heterocycles. The van der Waals surface area contributed by atoms with Crippen LogP contribution in [-0.2, 0) is 10.2 Å². The van der Waals surface area contributed by atoms with E-state index in [-0.39, 0.29) is 23.9 Å². The predicted octanol–water partition coefficient (Wildman–Crippen LogP) is 6.01. The van der Waals surface area contributed by atoms with Crippen molar-refractivity contribution in [3.8, 4) is 11.4 Å². The quantitative estimate of drug-likeness (QED) is 0.373. The maximum absolute atomic E-state index is 13.2. The Balaban J connectivity index is 1.83. The van der Waals surface area contributed by atoms with Crippen LogP contribution in [0.2, 0.25) is 0 Å². The highest BCUT2D eigenvalue weighted by molar-refractivity contribution is 5.97. The second-order valence-corrected chi connectivity index (χ2v) is 10.7. The highest BCUT2D eigenvalue weighted by atomic mass is 16.5. The predicted molar refractivity (Wildman–Crippen MR) is 149 cm³/mol. The summed E-state index contributed by atoms with van der Waals surface area (Å²) in [6.45, 7) is 12.7. The van der Waals surface area contributed by atoms with Crippen LogP contribution in [0.5, 0.6) is 5.75 Å². The number of aromatic nitrogens is 2. The molecule has 0 bridgehead atoms. The number of benzene rings is 2. The van der Waals surface area contributed by atoms with Crippen molar-refractivity contribution in [3.05, 3.63) is 65.9 Å². The van der Waals surface area contributed by atoms with Gasteiger partial charge in [0, 0.05) is 23.7 Å². The summed E-state index contributed by atoms with van der Waals surface area (Å²) in [5, 5.41) is 10.7. The van der Waals surface area contributed by atoms with E-state index in [1.54, 1.807) is 16.7 Å². The van der Waals surface area contributed by atoms with E-state index in [1.807, 2.05) is 61.5 Å². The molecule has 1 heterocycles. The molecule has 8 heteroatoms. The first-order chi connectivity index (χ1) is 17.5. The molecule has 3 rings (SSSR count). The minimum atomic E-state index is -0.302. The Morgan fingerprint density at radius 3 is 2.32 bits per heavy atom. The van der Waals surface area contributed by atoms with Crippen molar-refractivity contribution >= 4 is 23.4 Å². The highest BCUT2D eigenvalue weighted by Crippen LogP contribution is 2.27. The molecule has 1 aromatic heterocycles. The summed E-state index contributed by atoms with van der Waals surface area (Å²) in [6, 6.07) is 16.7. The number of para-hydroxylation sites is 1. The number of rotatable bonds is 9. The number of amides is 3. The monoisotopic (exact) mass is 505 g/mol. The van der Waals surface area contributed by atoms with Crippen molar-refractivity contribution in [3.63, 3.8) is 0 Å². The lowest BCUT2D eigenvalue weighted by Gasteiger charge is -2.24. The Kier molecular flexibility index (Phi) is 8.97. The average molecular weight is 506 g/mol. The fraction of sp³-hybridized carbons (Fsp3) is 0.414. The molecular weight excluding hydrogens is 466 g/mol. The molecule has 0 aliphatic rings. The number of methoxy groups -OCH3 is 1. The van der Waals surface area contributed by atoms with Gasteiger partial charge in [-0.3, -0.25) is 4.79 Å². The Labute approximate surface area is 220 Å². The van der Waals surface area contributed by atoms with Gasteiger partial charge in [-0.15, -0.1) is 0 Å². The van der Waals surface area contributed by atoms with Gasteiger partial charge in [-0.25, -0.2) is 9.48 Å². The van der Waals surface area contributed by atoms with Gasteiger partial charge < -0.3 is 20.3 Å². The number of hydrogen-bond acceptors (Lipinski definition) is 4. The van der Waals surface area contributed by atoms with Crippen LogP contribution in [0.3, 0.4) is 0 Å². The lowest BCUT2D eigenvalue weighted by Crippen LogP contribution is -2.41. The van der Waals surface area contributed by atoms with Crippen molar-refractivity contribution in [2.75, 3.05) is 30.8 Å². The van der Waals surface area contributed by atoms with Gasteiger partial charge in [-0.1, -0.05) is 52.8 Å². The zero-order valence-electron chi connectivity index (χ0n) is 23.0. The first-order valence-corrected chi connectivity index (χ1v) is 12.6. The summed E-state index contributed by atoms with van der Waals surface area (Å²) in [6.07, 6.45) is 0.784. The van der Waals surface area contributed by atoms with Gasteiger partial charge in [0.2, 0.25) is 5.91 Å². The number of nitrogens with zero attached hydrogens (tertiary/aromatic N) is 3. The van der Waals surface area contributed by atoms with E-state index < -0.39 is 0 Å². The molecule has 0 radical (unpaired) electrons. The minimum absolute atomic E-state index is 0.0803. The third-order valence-electron chi connectivity index (χ3n) is 6.05. The summed E-state index contributed by atoms with van der Waals surface area (Å²) >= 11 is 0. The molecule has 0 unspecified atom stereocenters. The second-order valence-electron chi connectivity index (χ2n) is 10.7. The Hall–Kier alpha value is -3.81. The molecular formula is C29H39N5O3. The van der Waals surface area contributed by atoms with Crippen molar-refractivity contribution in [2.45, 2.75) is 53.4 Å². The molecule has 0 saturated carbocycles. The van der Waals surface area contributed by atoms with E-state index in [4.69, 9.17) is 9.84 Å². The number of carbonyl (C=O) groups excluding carboxylic acids is 2. The molecule has 2 N–H and O–H groups in total. The molecule has 198 valence electrons. The summed E-state index contributed by atoms with van der Waals surface area (Å²) in [5.41, 5.74) is 3.11. The van der Waals surface area contributed by atoms with Crippen LogP contribution in [-0.4, -0.2) is 46.8 Å². The van der Waals surface area contributed by atoms with Crippen LogP contribution in [0, 0.1) is 12.8 Å². The number of urea groups is 1. The minimum Gasteiger partial charge on any atom is -0.497 e. The first kappa shape index (κ1) is 27.8. The van der Waals surface area contributed by atoms with Gasteiger partial charge in [-0.05, 0) is 55.2 Å². The van der Waals surface area contributed by atoms with Crippen molar-refractivity contribution < 1.29 is 14.3 Å². The third kappa shape index (κ3) is 7.59. The number of anilines is 2. The first-order valence-electron chi connectivity index (χ1n) is 12.6. The van der Waals surface area contributed by atoms with Crippen LogP contribution in [0.4, 0.5) is 16.3 Å². The van der Waals surface area contributed by atoms with Crippen LogP contribution >= 0.6 is 0 Å². The van der Waals surface area contributed by atoms with E-state index in [2.05, 4.69) is 45.3 Å².